The van der Waals surface area contributed by atoms with Crippen LogP contribution in [0.2, 0.25) is 0 Å². The minimum Gasteiger partial charge on any atom is -0.479 e. The van der Waals surface area contributed by atoms with Crippen molar-refractivity contribution < 1.29 is 9.84 Å². The fourth-order valence-corrected chi connectivity index (χ4v) is 2.58. The van der Waals surface area contributed by atoms with E-state index < -0.39 is 0 Å². The Kier molecular flexibility index (Phi) is 4.22. The third-order valence-corrected chi connectivity index (χ3v) is 3.27. The Hall–Kier alpha value is -0.260. The summed E-state index contributed by atoms with van der Waals surface area (Å²) in [5, 5.41) is 11.8. The van der Waals surface area contributed by atoms with Crippen LogP contribution in [0.4, 0.5) is 0 Å². The lowest BCUT2D eigenvalue weighted by molar-refractivity contribution is 0.297. The highest BCUT2D eigenvalue weighted by Gasteiger charge is 2.41. The fraction of sp³-hybridized carbons (Fsp3) is 0.667. The van der Waals surface area contributed by atoms with Crippen LogP contribution < -0.4 is 5.32 Å². The minimum absolute atomic E-state index is 0.0403. The molecule has 0 fully saturated rings. The topological polar surface area (TPSA) is 41.5 Å². The van der Waals surface area contributed by atoms with Crippen LogP contribution in [0.1, 0.15) is 13.8 Å². The number of hydrogen-bond acceptors (Lipinski definition) is 5. The molecule has 1 unspecified atom stereocenters. The van der Waals surface area contributed by atoms with E-state index in [1.165, 1.54) is 11.8 Å². The molecule has 0 saturated carbocycles. The van der Waals surface area contributed by atoms with Crippen LogP contribution in [-0.2, 0) is 4.74 Å². The third-order valence-electron chi connectivity index (χ3n) is 1.86. The van der Waals surface area contributed by atoms with E-state index in [1.807, 2.05) is 6.92 Å². The zero-order valence-electron chi connectivity index (χ0n) is 8.37. The van der Waals surface area contributed by atoms with E-state index >= 15 is 0 Å². The lowest BCUT2D eigenvalue weighted by atomic mass is 10.4. The van der Waals surface area contributed by atoms with Gasteiger partial charge in [-0.2, -0.15) is 0 Å². The quantitative estimate of drug-likeness (QED) is 0.700. The van der Waals surface area contributed by atoms with E-state index in [1.54, 1.807) is 0 Å². The van der Waals surface area contributed by atoms with E-state index in [9.17, 15) is 0 Å². The number of hydrogen-bond donors (Lipinski definition) is 2. The molecule has 1 aliphatic carbocycles. The molecule has 0 heterocycles. The molecule has 1 aliphatic rings. The average molecular weight is 233 g/mol. The number of aliphatic hydroxyl groups excluding tert-OH is 1. The highest BCUT2D eigenvalue weighted by molar-refractivity contribution is 8.23. The van der Waals surface area contributed by atoms with E-state index in [2.05, 4.69) is 18.3 Å². The monoisotopic (exact) mass is 233 g/mol. The molecular formula is C9H15NO2S2. The third kappa shape index (κ3) is 3.15. The molecule has 0 radical (unpaired) electrons. The van der Waals surface area contributed by atoms with Crippen molar-refractivity contribution in [3.63, 3.8) is 0 Å². The Morgan fingerprint density at radius 1 is 1.79 bits per heavy atom. The van der Waals surface area contributed by atoms with Gasteiger partial charge >= 0.3 is 0 Å². The van der Waals surface area contributed by atoms with E-state index in [0.29, 0.717) is 17.5 Å². The molecule has 2 N–H and O–H groups in total. The van der Waals surface area contributed by atoms with Crippen LogP contribution >= 0.6 is 24.0 Å². The Balaban J connectivity index is 2.24. The molecule has 0 amide bonds. The smallest absolute Gasteiger partial charge is 0.221 e. The van der Waals surface area contributed by atoms with Gasteiger partial charge in [0, 0.05) is 12.2 Å². The largest absolute Gasteiger partial charge is 0.479 e. The van der Waals surface area contributed by atoms with Crippen molar-refractivity contribution in [3.8, 4) is 0 Å². The van der Waals surface area contributed by atoms with Crippen LogP contribution in [-0.4, -0.2) is 34.0 Å². The molecule has 0 bridgehead atoms. The summed E-state index contributed by atoms with van der Waals surface area (Å²) in [4.78, 5) is 0. The molecule has 5 heteroatoms. The van der Waals surface area contributed by atoms with Crippen molar-refractivity contribution in [1.29, 1.82) is 0 Å². The summed E-state index contributed by atoms with van der Waals surface area (Å²) in [6.07, 6.45) is 2.08. The first-order valence-electron chi connectivity index (χ1n) is 4.56. The predicted octanol–water partition coefficient (Wildman–Crippen LogP) is 1.28. The maximum absolute atomic E-state index is 8.63. The maximum Gasteiger partial charge on any atom is 0.221 e. The second-order valence-electron chi connectivity index (χ2n) is 3.10. The van der Waals surface area contributed by atoms with Crippen LogP contribution in [0.5, 0.6) is 0 Å². The summed E-state index contributed by atoms with van der Waals surface area (Å²) in [6, 6.07) is 0. The van der Waals surface area contributed by atoms with Crippen molar-refractivity contribution >= 4 is 28.4 Å². The van der Waals surface area contributed by atoms with Gasteiger partial charge in [0.05, 0.1) is 18.0 Å². The van der Waals surface area contributed by atoms with E-state index in [4.69, 9.17) is 22.1 Å². The highest BCUT2D eigenvalue weighted by atomic mass is 32.2. The van der Waals surface area contributed by atoms with Crippen LogP contribution in [0.15, 0.2) is 11.8 Å². The highest BCUT2D eigenvalue weighted by Crippen LogP contribution is 2.45. The molecule has 0 spiro atoms. The number of thiocarbonyl (C=S) groups is 1. The van der Waals surface area contributed by atoms with Crippen molar-refractivity contribution in [2.24, 2.45) is 0 Å². The molecule has 80 valence electrons. The SMILES string of the molecule is CCOC(=S)SC1(C)C=C1NCCO. The normalized spacial score (nSPS) is 24.1. The van der Waals surface area contributed by atoms with Gasteiger partial charge in [0.1, 0.15) is 0 Å². The summed E-state index contributed by atoms with van der Waals surface area (Å²) in [5.41, 5.74) is 1.12. The first-order valence-corrected chi connectivity index (χ1v) is 5.78. The molecule has 0 aromatic rings. The van der Waals surface area contributed by atoms with Crippen molar-refractivity contribution in [2.75, 3.05) is 19.8 Å². The van der Waals surface area contributed by atoms with Gasteiger partial charge in [-0.15, -0.1) is 0 Å². The lowest BCUT2D eigenvalue weighted by Gasteiger charge is -2.13. The number of aliphatic hydroxyl groups is 1. The number of rotatable bonds is 5. The summed E-state index contributed by atoms with van der Waals surface area (Å²) in [5.74, 6) is 0. The summed E-state index contributed by atoms with van der Waals surface area (Å²) in [6.45, 7) is 5.34. The van der Waals surface area contributed by atoms with Crippen molar-refractivity contribution in [1.82, 2.24) is 5.32 Å². The standard InChI is InChI=1S/C9H15NO2S2/c1-3-12-8(13)14-9(2)6-7(9)10-4-5-11/h6,10-11H,3-5H2,1-2H3. The number of thioether (sulfide) groups is 1. The molecular weight excluding hydrogens is 218 g/mol. The van der Waals surface area contributed by atoms with Crippen LogP contribution in [0.25, 0.3) is 0 Å². The second-order valence-corrected chi connectivity index (χ2v) is 5.15. The summed E-state index contributed by atoms with van der Waals surface area (Å²) in [7, 11) is 0. The van der Waals surface area contributed by atoms with Gasteiger partial charge in [0.2, 0.25) is 4.38 Å². The van der Waals surface area contributed by atoms with Gasteiger partial charge in [-0.1, -0.05) is 11.8 Å². The fourth-order valence-electron chi connectivity index (χ4n) is 1.06. The zero-order valence-corrected chi connectivity index (χ0v) is 10.0. The first kappa shape index (κ1) is 11.8. The Morgan fingerprint density at radius 3 is 3.07 bits per heavy atom. The van der Waals surface area contributed by atoms with Gasteiger partial charge in [0.25, 0.3) is 0 Å². The van der Waals surface area contributed by atoms with Gasteiger partial charge < -0.3 is 15.2 Å². The lowest BCUT2D eigenvalue weighted by Crippen LogP contribution is -2.20. The Bertz CT molecular complexity index is 255. The molecule has 0 saturated heterocycles. The van der Waals surface area contributed by atoms with Gasteiger partial charge in [0.15, 0.2) is 0 Å². The minimum atomic E-state index is -0.0403. The number of nitrogens with one attached hydrogen (secondary N) is 1. The average Bonchev–Trinajstić information content (AvgIpc) is 2.73. The van der Waals surface area contributed by atoms with Gasteiger partial charge in [-0.3, -0.25) is 0 Å². The number of ether oxygens (including phenoxy) is 1. The van der Waals surface area contributed by atoms with Crippen molar-refractivity contribution in [3.05, 3.63) is 11.8 Å². The zero-order chi connectivity index (χ0) is 10.6. The van der Waals surface area contributed by atoms with E-state index in [0.717, 1.165) is 5.70 Å². The molecule has 0 aromatic carbocycles. The van der Waals surface area contributed by atoms with Gasteiger partial charge in [-0.05, 0) is 32.1 Å². The van der Waals surface area contributed by atoms with Crippen LogP contribution in [0, 0.1) is 0 Å². The molecule has 3 nitrogen and oxygen atoms in total. The Morgan fingerprint density at radius 2 is 2.50 bits per heavy atom. The van der Waals surface area contributed by atoms with Crippen molar-refractivity contribution in [2.45, 2.75) is 18.6 Å². The van der Waals surface area contributed by atoms with E-state index in [-0.39, 0.29) is 11.4 Å². The summed E-state index contributed by atoms with van der Waals surface area (Å²) >= 11 is 6.56. The van der Waals surface area contributed by atoms with Gasteiger partial charge in [-0.25, -0.2) is 0 Å². The molecule has 14 heavy (non-hydrogen) atoms. The second kappa shape index (κ2) is 5.00. The molecule has 1 atom stereocenters. The molecule has 1 rings (SSSR count). The summed E-state index contributed by atoms with van der Waals surface area (Å²) < 4.78 is 5.73. The molecule has 0 aliphatic heterocycles. The Labute approximate surface area is 93.9 Å². The first-order chi connectivity index (χ1) is 6.62. The predicted molar refractivity (Wildman–Crippen MR) is 63.4 cm³/mol. The maximum atomic E-state index is 8.63. The van der Waals surface area contributed by atoms with Crippen LogP contribution in [0.3, 0.4) is 0 Å². The molecule has 0 aromatic heterocycles.